The van der Waals surface area contributed by atoms with Crippen LogP contribution in [0.15, 0.2) is 53.7 Å². The van der Waals surface area contributed by atoms with Crippen LogP contribution in [0.3, 0.4) is 0 Å². The summed E-state index contributed by atoms with van der Waals surface area (Å²) in [6, 6.07) is 9.07. The summed E-state index contributed by atoms with van der Waals surface area (Å²) in [7, 11) is -2.91. The zero-order chi connectivity index (χ0) is 29.4. The number of sulfone groups is 1. The molecule has 5 heterocycles. The summed E-state index contributed by atoms with van der Waals surface area (Å²) in [6.07, 6.45) is 2.86. The monoisotopic (exact) mass is 597 g/mol. The summed E-state index contributed by atoms with van der Waals surface area (Å²) in [4.78, 5) is 27.8. The van der Waals surface area contributed by atoms with Crippen LogP contribution in [0.2, 0.25) is 0 Å². The van der Waals surface area contributed by atoms with E-state index in [1.165, 1.54) is 0 Å². The second kappa shape index (κ2) is 11.1. The highest BCUT2D eigenvalue weighted by Gasteiger charge is 2.35. The van der Waals surface area contributed by atoms with Crippen molar-refractivity contribution >= 4 is 38.3 Å². The van der Waals surface area contributed by atoms with Crippen molar-refractivity contribution in [1.29, 1.82) is 0 Å². The number of benzene rings is 1. The number of carbonyl (C=O) groups is 1. The number of carbonyl (C=O) groups excluding carboxylic acids is 1. The van der Waals surface area contributed by atoms with Crippen molar-refractivity contribution in [2.45, 2.75) is 30.0 Å². The van der Waals surface area contributed by atoms with Crippen LogP contribution in [0, 0.1) is 5.82 Å². The van der Waals surface area contributed by atoms with Crippen molar-refractivity contribution in [1.82, 2.24) is 20.3 Å². The Morgan fingerprint density at radius 2 is 1.98 bits per heavy atom. The summed E-state index contributed by atoms with van der Waals surface area (Å²) in [5.74, 6) is -0.504. The van der Waals surface area contributed by atoms with Crippen LogP contribution in [-0.4, -0.2) is 61.6 Å². The van der Waals surface area contributed by atoms with Gasteiger partial charge in [0.25, 0.3) is 5.91 Å². The first kappa shape index (κ1) is 27.7. The molecule has 218 valence electrons. The van der Waals surface area contributed by atoms with Crippen LogP contribution < -0.4 is 19.7 Å². The van der Waals surface area contributed by atoms with E-state index >= 15 is 0 Å². The number of fused-ring (bicyclic) bond motifs is 3. The Morgan fingerprint density at radius 3 is 2.81 bits per heavy atom. The van der Waals surface area contributed by atoms with E-state index < -0.39 is 44.1 Å². The molecule has 0 saturated heterocycles. The van der Waals surface area contributed by atoms with Gasteiger partial charge in [-0.1, -0.05) is 0 Å². The number of hydrogen-bond donors (Lipinski definition) is 1. The van der Waals surface area contributed by atoms with Crippen molar-refractivity contribution in [3.63, 3.8) is 0 Å². The van der Waals surface area contributed by atoms with Gasteiger partial charge in [-0.25, -0.2) is 27.2 Å². The third kappa shape index (κ3) is 5.07. The zero-order valence-electron chi connectivity index (χ0n) is 22.3. The van der Waals surface area contributed by atoms with Crippen LogP contribution in [0.1, 0.15) is 28.0 Å². The third-order valence-electron chi connectivity index (χ3n) is 6.91. The van der Waals surface area contributed by atoms with Crippen LogP contribution in [0.25, 0.3) is 10.9 Å². The maximum absolute atomic E-state index is 14.7. The van der Waals surface area contributed by atoms with Gasteiger partial charge in [-0.2, -0.15) is 0 Å². The molecule has 2 aliphatic rings. The first-order valence-corrected chi connectivity index (χ1v) is 14.6. The first-order chi connectivity index (χ1) is 20.3. The Kier molecular flexibility index (Phi) is 7.33. The third-order valence-corrected chi connectivity index (χ3v) is 8.74. The Balaban J connectivity index is 1.23. The number of nitrogens with one attached hydrogen (secondary N) is 1. The van der Waals surface area contributed by atoms with Gasteiger partial charge in [0.15, 0.2) is 23.1 Å². The number of amides is 1. The molecule has 11 nitrogen and oxygen atoms in total. The van der Waals surface area contributed by atoms with Gasteiger partial charge in [0.2, 0.25) is 15.3 Å². The van der Waals surface area contributed by atoms with Gasteiger partial charge in [0.1, 0.15) is 17.3 Å². The van der Waals surface area contributed by atoms with Gasteiger partial charge in [0, 0.05) is 42.4 Å². The topological polar surface area (TPSA) is 133 Å². The first-order valence-electron chi connectivity index (χ1n) is 13.0. The van der Waals surface area contributed by atoms with E-state index in [4.69, 9.17) is 19.2 Å². The summed E-state index contributed by atoms with van der Waals surface area (Å²) in [6.45, 7) is 0.984. The van der Waals surface area contributed by atoms with Gasteiger partial charge in [-0.05, 0) is 36.4 Å². The minimum atomic E-state index is -4.52. The highest BCUT2D eigenvalue weighted by Crippen LogP contribution is 2.38. The SMILES string of the molecule is COCc1ccnc2c1OCCN2c1ccc2cnc(CNC(=O)c3cc(F)c4c(c3)S(=O)(=O)[C@@H](F)CCO4)cc2n1. The van der Waals surface area contributed by atoms with Gasteiger partial charge in [0.05, 0.1) is 37.5 Å². The van der Waals surface area contributed by atoms with E-state index in [1.54, 1.807) is 25.6 Å². The molecule has 1 N–H and O–H groups in total. The second-order valence-corrected chi connectivity index (χ2v) is 11.7. The lowest BCUT2D eigenvalue weighted by molar-refractivity contribution is 0.0949. The molecule has 1 aromatic carbocycles. The smallest absolute Gasteiger partial charge is 0.251 e. The maximum Gasteiger partial charge on any atom is 0.251 e. The Morgan fingerprint density at radius 1 is 1.14 bits per heavy atom. The summed E-state index contributed by atoms with van der Waals surface area (Å²) in [5.41, 5.74) is -0.608. The van der Waals surface area contributed by atoms with Crippen LogP contribution in [0.5, 0.6) is 11.5 Å². The lowest BCUT2D eigenvalue weighted by Gasteiger charge is -2.30. The van der Waals surface area contributed by atoms with E-state index in [0.717, 1.165) is 23.1 Å². The molecule has 0 spiro atoms. The Labute approximate surface area is 239 Å². The van der Waals surface area contributed by atoms with E-state index in [1.807, 2.05) is 23.1 Å². The number of alkyl halides is 1. The number of rotatable bonds is 6. The molecule has 1 atom stereocenters. The minimum Gasteiger partial charge on any atom is -0.489 e. The summed E-state index contributed by atoms with van der Waals surface area (Å²) in [5, 5.41) is 3.37. The van der Waals surface area contributed by atoms with Gasteiger partial charge >= 0.3 is 0 Å². The molecule has 0 unspecified atom stereocenters. The molecule has 0 radical (unpaired) electrons. The summed E-state index contributed by atoms with van der Waals surface area (Å²) < 4.78 is 70.2. The predicted molar refractivity (Wildman–Crippen MR) is 147 cm³/mol. The van der Waals surface area contributed by atoms with E-state index in [2.05, 4.69) is 15.3 Å². The van der Waals surface area contributed by atoms with Crippen molar-refractivity contribution < 1.29 is 36.2 Å². The number of ether oxygens (including phenoxy) is 3. The fourth-order valence-electron chi connectivity index (χ4n) is 4.83. The number of nitrogens with zero attached hydrogens (tertiary/aromatic N) is 4. The number of pyridine rings is 3. The van der Waals surface area contributed by atoms with Crippen LogP contribution in [-0.2, 0) is 27.7 Å². The molecule has 1 amide bonds. The number of hydrogen-bond acceptors (Lipinski definition) is 10. The molecular formula is C28H25F2N5O6S. The molecule has 14 heteroatoms. The standard InChI is InChI=1S/C28H25F2N5O6S/c1-39-15-17-4-6-31-27-25(17)41-9-7-35(27)24-3-2-16-13-32-19(12-21(16)34-24)14-33-28(36)18-10-20(29)26-22(11-18)42(37,38)23(30)5-8-40-26/h2-4,6,10-13,23H,5,7-9,14-15H2,1H3,(H,33,36)/t23-/m1/s1. The van der Waals surface area contributed by atoms with Gasteiger partial charge in [-0.15, -0.1) is 0 Å². The highest BCUT2D eigenvalue weighted by atomic mass is 32.2. The molecule has 3 aromatic heterocycles. The Bertz CT molecular complexity index is 1810. The van der Waals surface area contributed by atoms with Crippen molar-refractivity contribution in [3.05, 3.63) is 71.4 Å². The Hall–Kier alpha value is -4.43. The highest BCUT2D eigenvalue weighted by molar-refractivity contribution is 7.92. The fourth-order valence-corrected chi connectivity index (χ4v) is 6.21. The molecule has 6 rings (SSSR count). The molecule has 0 saturated carbocycles. The number of aromatic nitrogens is 3. The quantitative estimate of drug-likeness (QED) is 0.351. The molecular weight excluding hydrogens is 572 g/mol. The van der Waals surface area contributed by atoms with Gasteiger partial charge in [-0.3, -0.25) is 9.78 Å². The van der Waals surface area contributed by atoms with Gasteiger partial charge < -0.3 is 24.4 Å². The molecule has 42 heavy (non-hydrogen) atoms. The van der Waals surface area contributed by atoms with Crippen molar-refractivity contribution in [2.24, 2.45) is 0 Å². The number of halogens is 2. The molecule has 0 bridgehead atoms. The largest absolute Gasteiger partial charge is 0.489 e. The molecule has 0 fully saturated rings. The minimum absolute atomic E-state index is 0.0588. The summed E-state index contributed by atoms with van der Waals surface area (Å²) >= 11 is 0. The normalized spacial score (nSPS) is 17.4. The zero-order valence-corrected chi connectivity index (χ0v) is 23.2. The average molecular weight is 598 g/mol. The molecule has 4 aromatic rings. The van der Waals surface area contributed by atoms with Crippen LogP contribution >= 0.6 is 0 Å². The fraction of sp³-hybridized carbons (Fsp3) is 0.286. The average Bonchev–Trinajstić information content (AvgIpc) is 3.10. The molecule has 2 aliphatic heterocycles. The molecule has 0 aliphatic carbocycles. The lowest BCUT2D eigenvalue weighted by Crippen LogP contribution is -2.30. The number of anilines is 2. The van der Waals surface area contributed by atoms with E-state index in [-0.39, 0.29) is 18.7 Å². The maximum atomic E-state index is 14.7. The number of methoxy groups -OCH3 is 1. The van der Waals surface area contributed by atoms with E-state index in [0.29, 0.717) is 48.4 Å². The van der Waals surface area contributed by atoms with Crippen LogP contribution in [0.4, 0.5) is 20.4 Å². The van der Waals surface area contributed by atoms with Crippen molar-refractivity contribution in [3.8, 4) is 11.5 Å². The second-order valence-electron chi connectivity index (χ2n) is 9.65. The lowest BCUT2D eigenvalue weighted by atomic mass is 10.2. The van der Waals surface area contributed by atoms with E-state index in [9.17, 15) is 22.0 Å². The van der Waals surface area contributed by atoms with Crippen molar-refractivity contribution in [2.75, 3.05) is 31.8 Å². The predicted octanol–water partition coefficient (Wildman–Crippen LogP) is 3.62.